The summed E-state index contributed by atoms with van der Waals surface area (Å²) in [6.45, 7) is 5.53. The molecule has 36 heavy (non-hydrogen) atoms. The Labute approximate surface area is 228 Å². The summed E-state index contributed by atoms with van der Waals surface area (Å²) in [5.41, 5.74) is -0.389. The number of nitrogens with zero attached hydrogens (tertiary/aromatic N) is 2. The average Bonchev–Trinajstić information content (AvgIpc) is 3.36. The zero-order valence-electron chi connectivity index (χ0n) is 21.8. The first-order valence-corrected chi connectivity index (χ1v) is 15.2. The number of carbonyl (C=O) groups excluding carboxylic acids is 1. The van der Waals surface area contributed by atoms with E-state index in [1.807, 2.05) is 6.92 Å². The van der Waals surface area contributed by atoms with Crippen LogP contribution in [-0.4, -0.2) is 65.2 Å². The minimum Gasteiger partial charge on any atom is -0.493 e. The second-order valence-corrected chi connectivity index (χ2v) is 10.9. The van der Waals surface area contributed by atoms with Crippen molar-refractivity contribution in [2.45, 2.75) is 83.1 Å². The van der Waals surface area contributed by atoms with Crippen LogP contribution in [0.15, 0.2) is 12.1 Å². The van der Waals surface area contributed by atoms with Gasteiger partial charge in [-0.2, -0.15) is 0 Å². The number of rotatable bonds is 18. The maximum Gasteiger partial charge on any atom is 0.286 e. The second-order valence-electron chi connectivity index (χ2n) is 8.78. The number of unbranched alkanes of at least 4 members (excludes halogenated alkanes) is 6. The predicted octanol–water partition coefficient (Wildman–Crippen LogP) is 6.83. The third kappa shape index (κ3) is 9.10. The normalized spacial score (nSPS) is 16.2. The minimum absolute atomic E-state index is 0.0244. The van der Waals surface area contributed by atoms with Gasteiger partial charge in [-0.25, -0.2) is 0 Å². The Bertz CT molecular complexity index is 822. The summed E-state index contributed by atoms with van der Waals surface area (Å²) in [7, 11) is 1.48. The molecule has 0 N–H and O–H groups in total. The van der Waals surface area contributed by atoms with Gasteiger partial charge in [0.15, 0.2) is 11.5 Å². The van der Waals surface area contributed by atoms with Crippen molar-refractivity contribution < 1.29 is 23.9 Å². The molecule has 2 rings (SSSR count). The number of nitro benzene ring substituents is 1. The lowest BCUT2D eigenvalue weighted by atomic mass is 10.1. The van der Waals surface area contributed by atoms with Crippen LogP contribution in [-0.2, 0) is 4.74 Å². The quantitative estimate of drug-likeness (QED) is 0.0610. The van der Waals surface area contributed by atoms with E-state index in [1.54, 1.807) is 16.7 Å². The van der Waals surface area contributed by atoms with Gasteiger partial charge in [0.2, 0.25) is 0 Å². The topological polar surface area (TPSA) is 91.1 Å². The van der Waals surface area contributed by atoms with E-state index in [4.69, 9.17) is 14.2 Å². The van der Waals surface area contributed by atoms with Crippen LogP contribution in [0.4, 0.5) is 5.69 Å². The third-order valence-electron chi connectivity index (χ3n) is 6.28. The molecule has 2 atom stereocenters. The van der Waals surface area contributed by atoms with Crippen LogP contribution in [0.25, 0.3) is 0 Å². The Morgan fingerprint density at radius 1 is 1.17 bits per heavy atom. The lowest BCUT2D eigenvalue weighted by Crippen LogP contribution is -2.43. The Morgan fingerprint density at radius 3 is 2.47 bits per heavy atom. The van der Waals surface area contributed by atoms with Crippen LogP contribution < -0.4 is 9.47 Å². The number of alkyl halides is 1. The largest absolute Gasteiger partial charge is 0.493 e. The van der Waals surface area contributed by atoms with Gasteiger partial charge >= 0.3 is 0 Å². The molecule has 10 heteroatoms. The van der Waals surface area contributed by atoms with Gasteiger partial charge in [-0.15, -0.1) is 11.8 Å². The van der Waals surface area contributed by atoms with Crippen molar-refractivity contribution in [1.29, 1.82) is 0 Å². The van der Waals surface area contributed by atoms with Gasteiger partial charge in [0.1, 0.15) is 11.0 Å². The molecule has 0 aliphatic carbocycles. The molecule has 1 unspecified atom stereocenters. The zero-order chi connectivity index (χ0) is 26.3. The number of benzene rings is 1. The number of nitro groups is 1. The molecule has 1 aliphatic rings. The molecule has 1 fully saturated rings. The summed E-state index contributed by atoms with van der Waals surface area (Å²) in [6, 6.07) is 2.67. The SMILES string of the molecule is CCO[C@@H](SCC)C1CCCN1C(=O)c1cc(OC)c(OCCCCCCCCCBr)cc1[N+](=O)[O-]. The molecule has 0 spiro atoms. The van der Waals surface area contributed by atoms with E-state index >= 15 is 0 Å². The first kappa shape index (κ1) is 30.7. The van der Waals surface area contributed by atoms with E-state index in [1.165, 1.54) is 44.9 Å². The smallest absolute Gasteiger partial charge is 0.286 e. The Balaban J connectivity index is 2.10. The fraction of sp³-hybridized carbons (Fsp3) is 0.731. The molecular formula is C26H41BrN2O6S. The van der Waals surface area contributed by atoms with E-state index < -0.39 is 4.92 Å². The van der Waals surface area contributed by atoms with Gasteiger partial charge in [-0.1, -0.05) is 55.0 Å². The summed E-state index contributed by atoms with van der Waals surface area (Å²) >= 11 is 5.11. The van der Waals surface area contributed by atoms with Gasteiger partial charge in [0, 0.05) is 24.5 Å². The number of hydrogen-bond donors (Lipinski definition) is 0. The molecular weight excluding hydrogens is 548 g/mol. The minimum atomic E-state index is -0.516. The number of halogens is 1. The Hall–Kier alpha value is -1.52. The van der Waals surface area contributed by atoms with Crippen molar-refractivity contribution in [1.82, 2.24) is 4.90 Å². The number of methoxy groups -OCH3 is 1. The summed E-state index contributed by atoms with van der Waals surface area (Å²) in [4.78, 5) is 26.7. The van der Waals surface area contributed by atoms with Gasteiger partial charge < -0.3 is 19.1 Å². The first-order valence-electron chi connectivity index (χ1n) is 13.1. The van der Waals surface area contributed by atoms with E-state index in [0.29, 0.717) is 31.3 Å². The van der Waals surface area contributed by atoms with E-state index in [9.17, 15) is 14.9 Å². The molecule has 204 valence electrons. The molecule has 1 heterocycles. The number of thioether (sulfide) groups is 1. The van der Waals surface area contributed by atoms with Gasteiger partial charge in [0.25, 0.3) is 11.6 Å². The van der Waals surface area contributed by atoms with E-state index in [-0.39, 0.29) is 28.6 Å². The first-order chi connectivity index (χ1) is 17.5. The lowest BCUT2D eigenvalue weighted by molar-refractivity contribution is -0.385. The van der Waals surface area contributed by atoms with Crippen molar-refractivity contribution in [2.24, 2.45) is 0 Å². The zero-order valence-corrected chi connectivity index (χ0v) is 24.2. The highest BCUT2D eigenvalue weighted by Crippen LogP contribution is 2.37. The maximum atomic E-state index is 13.6. The van der Waals surface area contributed by atoms with E-state index in [2.05, 4.69) is 22.9 Å². The van der Waals surface area contributed by atoms with Crippen molar-refractivity contribution in [3.05, 3.63) is 27.8 Å². The number of hydrogen-bond acceptors (Lipinski definition) is 7. The van der Waals surface area contributed by atoms with Crippen molar-refractivity contribution in [3.8, 4) is 11.5 Å². The molecule has 1 saturated heterocycles. The monoisotopic (exact) mass is 588 g/mol. The molecule has 8 nitrogen and oxygen atoms in total. The van der Waals surface area contributed by atoms with Crippen LogP contribution in [0.1, 0.15) is 82.0 Å². The molecule has 1 aromatic rings. The summed E-state index contributed by atoms with van der Waals surface area (Å²) < 4.78 is 17.2. The van der Waals surface area contributed by atoms with Crippen LogP contribution in [0, 0.1) is 10.1 Å². The van der Waals surface area contributed by atoms with Gasteiger partial charge in [-0.05, 0) is 38.4 Å². The highest BCUT2D eigenvalue weighted by Gasteiger charge is 2.38. The van der Waals surface area contributed by atoms with Gasteiger partial charge in [0.05, 0.1) is 30.7 Å². The highest BCUT2D eigenvalue weighted by molar-refractivity contribution is 9.09. The molecule has 1 aliphatic heterocycles. The summed E-state index contributed by atoms with van der Waals surface area (Å²) in [5.74, 6) is 1.12. The molecule has 1 aromatic carbocycles. The second kappa shape index (κ2) is 17.1. The standard InChI is InChI=1S/C26H41BrN2O6S/c1-4-34-26(36-5-2)21-14-13-16-28(21)25(30)20-18-23(33-3)24(19-22(20)29(31)32)35-17-12-10-8-6-7-9-11-15-27/h18-19,21,26H,4-17H2,1-3H3/t21?,26-/m0/s1. The number of carbonyl (C=O) groups is 1. The van der Waals surface area contributed by atoms with Crippen molar-refractivity contribution in [3.63, 3.8) is 0 Å². The number of ether oxygens (including phenoxy) is 3. The molecule has 1 amide bonds. The molecule has 0 bridgehead atoms. The van der Waals surface area contributed by atoms with Crippen LogP contribution in [0.5, 0.6) is 11.5 Å². The fourth-order valence-electron chi connectivity index (χ4n) is 4.49. The molecule has 0 aromatic heterocycles. The molecule has 0 radical (unpaired) electrons. The predicted molar refractivity (Wildman–Crippen MR) is 149 cm³/mol. The van der Waals surface area contributed by atoms with Crippen molar-refractivity contribution >= 4 is 39.3 Å². The average molecular weight is 590 g/mol. The van der Waals surface area contributed by atoms with Crippen LogP contribution in [0.2, 0.25) is 0 Å². The van der Waals surface area contributed by atoms with Crippen molar-refractivity contribution in [2.75, 3.05) is 38.0 Å². The Kier molecular flexibility index (Phi) is 14.6. The number of likely N-dealkylation sites (tertiary alicyclic amines) is 1. The van der Waals surface area contributed by atoms with Crippen LogP contribution >= 0.6 is 27.7 Å². The Morgan fingerprint density at radius 2 is 1.86 bits per heavy atom. The van der Waals surface area contributed by atoms with E-state index in [0.717, 1.165) is 43.2 Å². The highest BCUT2D eigenvalue weighted by atomic mass is 79.9. The van der Waals surface area contributed by atoms with Gasteiger partial charge in [-0.3, -0.25) is 14.9 Å². The molecule has 0 saturated carbocycles. The van der Waals surface area contributed by atoms with Crippen LogP contribution in [0.3, 0.4) is 0 Å². The summed E-state index contributed by atoms with van der Waals surface area (Å²) in [6.07, 6.45) is 9.60. The maximum absolute atomic E-state index is 13.6. The third-order valence-corrected chi connectivity index (χ3v) is 7.95. The lowest BCUT2D eigenvalue weighted by Gasteiger charge is -2.31. The fourth-order valence-corrected chi connectivity index (χ4v) is 5.95. The summed E-state index contributed by atoms with van der Waals surface area (Å²) in [5, 5.41) is 13.0. The number of amides is 1.